The van der Waals surface area contributed by atoms with Gasteiger partial charge in [-0.2, -0.15) is 0 Å². The summed E-state index contributed by atoms with van der Waals surface area (Å²) in [5, 5.41) is 14.8. The highest BCUT2D eigenvalue weighted by atomic mass is 16.7. The Balaban J connectivity index is 1.46. The zero-order valence-corrected chi connectivity index (χ0v) is 24.8. The zero-order valence-electron chi connectivity index (χ0n) is 24.8. The lowest BCUT2D eigenvalue weighted by Gasteiger charge is -2.43. The number of benzene rings is 2. The number of carbonyl (C=O) groups excluding carboxylic acids is 2. The van der Waals surface area contributed by atoms with Crippen molar-refractivity contribution in [2.24, 2.45) is 5.92 Å². The van der Waals surface area contributed by atoms with Crippen molar-refractivity contribution >= 4 is 12.0 Å². The maximum atomic E-state index is 12.1. The molecule has 2 aromatic carbocycles. The highest BCUT2D eigenvalue weighted by Crippen LogP contribution is 2.42. The van der Waals surface area contributed by atoms with Gasteiger partial charge in [0.1, 0.15) is 6.54 Å². The fourth-order valence-corrected chi connectivity index (χ4v) is 5.77. The molecule has 1 heterocycles. The fraction of sp³-hybridized carbons (Fsp3) is 0.515. The van der Waals surface area contributed by atoms with Crippen LogP contribution >= 0.6 is 0 Å². The van der Waals surface area contributed by atoms with Crippen LogP contribution in [0, 0.1) is 5.92 Å². The topological polar surface area (TPSA) is 109 Å². The third kappa shape index (κ3) is 8.64. The van der Waals surface area contributed by atoms with Gasteiger partial charge in [0.05, 0.1) is 25.4 Å². The molecule has 0 unspecified atom stereocenters. The Morgan fingerprint density at radius 1 is 1.02 bits per heavy atom. The minimum Gasteiger partial charge on any atom is -0.465 e. The number of urea groups is 1. The van der Waals surface area contributed by atoms with Gasteiger partial charge < -0.3 is 30.0 Å². The molecule has 2 amide bonds. The van der Waals surface area contributed by atoms with Crippen molar-refractivity contribution in [3.63, 3.8) is 0 Å². The highest BCUT2D eigenvalue weighted by molar-refractivity contribution is 5.80. The van der Waals surface area contributed by atoms with Crippen molar-refractivity contribution in [1.82, 2.24) is 15.5 Å². The number of esters is 1. The van der Waals surface area contributed by atoms with Gasteiger partial charge in [-0.05, 0) is 36.5 Å². The molecular formula is C33H45N3O6. The maximum Gasteiger partial charge on any atom is 0.325 e. The first-order valence-electron chi connectivity index (χ1n) is 15.0. The quantitative estimate of drug-likeness (QED) is 0.232. The van der Waals surface area contributed by atoms with Crippen molar-refractivity contribution in [3.8, 4) is 0 Å². The number of hydrogen-bond donors (Lipinski definition) is 3. The van der Waals surface area contributed by atoms with Crippen molar-refractivity contribution in [1.29, 1.82) is 0 Å². The summed E-state index contributed by atoms with van der Waals surface area (Å²) in [6, 6.07) is 15.9. The molecule has 2 fully saturated rings. The molecule has 4 atom stereocenters. The number of nitrogens with zero attached hydrogens (tertiary/aromatic N) is 1. The van der Waals surface area contributed by atoms with E-state index in [2.05, 4.69) is 29.0 Å². The Kier molecular flexibility index (Phi) is 12.0. The van der Waals surface area contributed by atoms with E-state index in [0.29, 0.717) is 12.6 Å². The molecule has 2 aromatic rings. The monoisotopic (exact) mass is 579 g/mol. The van der Waals surface area contributed by atoms with Gasteiger partial charge in [-0.3, -0.25) is 9.69 Å². The third-order valence-corrected chi connectivity index (χ3v) is 8.15. The fourth-order valence-electron chi connectivity index (χ4n) is 5.77. The van der Waals surface area contributed by atoms with E-state index in [1.807, 2.05) is 54.6 Å². The number of hydrogen-bond acceptors (Lipinski definition) is 7. The second kappa shape index (κ2) is 15.8. The third-order valence-electron chi connectivity index (χ3n) is 8.15. The summed E-state index contributed by atoms with van der Waals surface area (Å²) in [7, 11) is 0. The average Bonchev–Trinajstić information content (AvgIpc) is 3.55. The molecule has 0 bridgehead atoms. The Bertz CT molecular complexity index is 1150. The molecule has 0 radical (unpaired) electrons. The molecule has 9 nitrogen and oxygen atoms in total. The van der Waals surface area contributed by atoms with E-state index in [-0.39, 0.29) is 37.9 Å². The first-order chi connectivity index (χ1) is 20.4. The number of nitrogens with one attached hydrogen (secondary N) is 2. The lowest BCUT2D eigenvalue weighted by molar-refractivity contribution is -0.276. The van der Waals surface area contributed by atoms with Crippen LogP contribution in [0.1, 0.15) is 74.2 Å². The minimum absolute atomic E-state index is 0.00187. The normalized spacial score (nSPS) is 22.6. The largest absolute Gasteiger partial charge is 0.465 e. The molecule has 228 valence electrons. The molecule has 1 saturated heterocycles. The predicted molar refractivity (Wildman–Crippen MR) is 160 cm³/mol. The number of ether oxygens (including phenoxy) is 3. The van der Waals surface area contributed by atoms with Gasteiger partial charge in [-0.15, -0.1) is 6.58 Å². The zero-order chi connectivity index (χ0) is 29.9. The standard InChI is InChI=1S/C33H45N3O6/c1-4-18-36(28-8-6-7-9-28)21-29-23(3)31(26-14-12-25(22-37)13-15-26)42-32(41-29)27-16-10-24(11-17-27)19-34-33(39)35-20-30(38)40-5-2/h4,10-17,23,28-29,31-32,37H,1,5-9,18-22H2,2-3H3,(H2,34,35,39)/t23-,29+,31+,32+/m1/s1. The highest BCUT2D eigenvalue weighted by Gasteiger charge is 2.40. The first-order valence-corrected chi connectivity index (χ1v) is 15.0. The summed E-state index contributed by atoms with van der Waals surface area (Å²) in [5.41, 5.74) is 3.73. The van der Waals surface area contributed by atoms with E-state index in [1.165, 1.54) is 25.7 Å². The molecule has 2 aliphatic rings. The van der Waals surface area contributed by atoms with E-state index in [0.717, 1.165) is 35.3 Å². The molecule has 9 heteroatoms. The Morgan fingerprint density at radius 2 is 1.69 bits per heavy atom. The summed E-state index contributed by atoms with van der Waals surface area (Å²) >= 11 is 0. The molecular weight excluding hydrogens is 534 g/mol. The summed E-state index contributed by atoms with van der Waals surface area (Å²) in [4.78, 5) is 26.0. The van der Waals surface area contributed by atoms with Crippen LogP contribution in [-0.2, 0) is 32.2 Å². The Labute approximate surface area is 249 Å². The van der Waals surface area contributed by atoms with Gasteiger partial charge in [0, 0.05) is 37.2 Å². The SMILES string of the molecule is C=CCN(C[C@@H]1O[C@H](c2ccc(CNC(=O)NCC(=O)OCC)cc2)O[C@H](c2ccc(CO)cc2)[C@@H]1C)C1CCCC1. The van der Waals surface area contributed by atoms with Gasteiger partial charge in [0.15, 0.2) is 6.29 Å². The minimum atomic E-state index is -0.558. The van der Waals surface area contributed by atoms with E-state index in [1.54, 1.807) is 6.92 Å². The molecule has 1 saturated carbocycles. The van der Waals surface area contributed by atoms with Crippen molar-refractivity contribution in [2.45, 2.75) is 77.2 Å². The van der Waals surface area contributed by atoms with E-state index in [9.17, 15) is 14.7 Å². The summed E-state index contributed by atoms with van der Waals surface area (Å²) in [6.07, 6.45) is 6.12. The maximum absolute atomic E-state index is 12.1. The molecule has 1 aliphatic carbocycles. The van der Waals surface area contributed by atoms with Gasteiger partial charge >= 0.3 is 12.0 Å². The molecule has 0 aromatic heterocycles. The molecule has 1 aliphatic heterocycles. The molecule has 3 N–H and O–H groups in total. The Hall–Kier alpha value is -3.24. The second-order valence-corrected chi connectivity index (χ2v) is 11.1. The van der Waals surface area contributed by atoms with Crippen LogP contribution in [0.25, 0.3) is 0 Å². The van der Waals surface area contributed by atoms with Crippen LogP contribution in [0.3, 0.4) is 0 Å². The molecule has 0 spiro atoms. The molecule has 42 heavy (non-hydrogen) atoms. The van der Waals surface area contributed by atoms with Crippen molar-refractivity contribution < 1.29 is 28.9 Å². The number of carbonyl (C=O) groups is 2. The van der Waals surface area contributed by atoms with E-state index < -0.39 is 18.3 Å². The van der Waals surface area contributed by atoms with Crippen LogP contribution in [-0.4, -0.2) is 60.4 Å². The lowest BCUT2D eigenvalue weighted by Crippen LogP contribution is -2.47. The van der Waals surface area contributed by atoms with Crippen molar-refractivity contribution in [2.75, 3.05) is 26.2 Å². The van der Waals surface area contributed by atoms with Gasteiger partial charge in [0.2, 0.25) is 0 Å². The average molecular weight is 580 g/mol. The second-order valence-electron chi connectivity index (χ2n) is 11.1. The number of aliphatic hydroxyl groups excluding tert-OH is 1. The summed E-state index contributed by atoms with van der Waals surface area (Å²) in [5.74, 6) is -0.373. The molecule has 4 rings (SSSR count). The van der Waals surface area contributed by atoms with Crippen LogP contribution < -0.4 is 10.6 Å². The Morgan fingerprint density at radius 3 is 2.33 bits per heavy atom. The van der Waals surface area contributed by atoms with Crippen LogP contribution in [0.5, 0.6) is 0 Å². The van der Waals surface area contributed by atoms with E-state index in [4.69, 9.17) is 14.2 Å². The summed E-state index contributed by atoms with van der Waals surface area (Å²) in [6.45, 7) is 9.94. The van der Waals surface area contributed by atoms with Crippen molar-refractivity contribution in [3.05, 3.63) is 83.4 Å². The van der Waals surface area contributed by atoms with Gasteiger partial charge in [-0.1, -0.05) is 74.4 Å². The lowest BCUT2D eigenvalue weighted by atomic mass is 9.89. The van der Waals surface area contributed by atoms with Gasteiger partial charge in [-0.25, -0.2) is 4.79 Å². The van der Waals surface area contributed by atoms with Crippen LogP contribution in [0.15, 0.2) is 61.2 Å². The van der Waals surface area contributed by atoms with Crippen LogP contribution in [0.2, 0.25) is 0 Å². The smallest absolute Gasteiger partial charge is 0.325 e. The number of rotatable bonds is 13. The predicted octanol–water partition coefficient (Wildman–Crippen LogP) is 4.76. The first kappa shape index (κ1) is 31.7. The van der Waals surface area contributed by atoms with Gasteiger partial charge in [0.25, 0.3) is 0 Å². The van der Waals surface area contributed by atoms with E-state index >= 15 is 0 Å². The van der Waals surface area contributed by atoms with Crippen LogP contribution in [0.4, 0.5) is 4.79 Å². The summed E-state index contributed by atoms with van der Waals surface area (Å²) < 4.78 is 18.1. The number of aliphatic hydroxyl groups is 1. The number of amides is 2.